The van der Waals surface area contributed by atoms with Gasteiger partial charge in [-0.15, -0.1) is 22.7 Å². The molecule has 0 saturated carbocycles. The minimum atomic E-state index is 0.112. The second-order valence-electron chi connectivity index (χ2n) is 4.95. The van der Waals surface area contributed by atoms with Gasteiger partial charge in [-0.1, -0.05) is 0 Å². The summed E-state index contributed by atoms with van der Waals surface area (Å²) in [5.41, 5.74) is 10.1. The Kier molecular flexibility index (Phi) is 3.73. The van der Waals surface area contributed by atoms with E-state index in [0.717, 1.165) is 29.4 Å². The number of hydrogen-bond donors (Lipinski definition) is 1. The number of fused-ring (bicyclic) bond motifs is 1. The average Bonchev–Trinajstić information content (AvgIpc) is 3.06. The summed E-state index contributed by atoms with van der Waals surface area (Å²) < 4.78 is 2.14. The van der Waals surface area contributed by atoms with Gasteiger partial charge < -0.3 is 10.6 Å². The van der Waals surface area contributed by atoms with Crippen LogP contribution >= 0.6 is 22.7 Å². The fourth-order valence-electron chi connectivity index (χ4n) is 2.25. The Labute approximate surface area is 125 Å². The van der Waals surface area contributed by atoms with Gasteiger partial charge in [-0.3, -0.25) is 4.40 Å². The Morgan fingerprint density at radius 2 is 2.35 bits per heavy atom. The van der Waals surface area contributed by atoms with Crippen molar-refractivity contribution in [1.82, 2.24) is 14.4 Å². The maximum Gasteiger partial charge on any atom is 0.195 e. The van der Waals surface area contributed by atoms with Gasteiger partial charge in [0, 0.05) is 36.5 Å². The predicted molar refractivity (Wildman–Crippen MR) is 84.6 cm³/mol. The maximum absolute atomic E-state index is 5.98. The molecule has 3 rings (SSSR count). The number of aromatic nitrogens is 3. The van der Waals surface area contributed by atoms with E-state index in [9.17, 15) is 0 Å². The highest BCUT2D eigenvalue weighted by Gasteiger charge is 2.18. The second kappa shape index (κ2) is 5.51. The van der Waals surface area contributed by atoms with Crippen molar-refractivity contribution in [2.45, 2.75) is 25.9 Å². The van der Waals surface area contributed by atoms with E-state index in [0.29, 0.717) is 0 Å². The topological polar surface area (TPSA) is 59.5 Å². The molecule has 0 spiro atoms. The lowest BCUT2D eigenvalue weighted by Gasteiger charge is -2.18. The first-order valence-electron chi connectivity index (χ1n) is 6.43. The van der Waals surface area contributed by atoms with E-state index >= 15 is 0 Å². The normalized spacial score (nSPS) is 12.9. The molecular formula is C13H17N5S2. The van der Waals surface area contributed by atoms with Crippen LogP contribution in [0.3, 0.4) is 0 Å². The molecule has 3 heterocycles. The standard InChI is InChI=1S/C13H17N5S2/c1-9(14)5-11-12(16-13-18(11)3-4-20-13)17(2)6-10-7-19-8-15-10/h3-4,7-9H,5-6,14H2,1-2H3. The van der Waals surface area contributed by atoms with Crippen molar-refractivity contribution in [3.05, 3.63) is 33.9 Å². The van der Waals surface area contributed by atoms with Crippen molar-refractivity contribution in [2.75, 3.05) is 11.9 Å². The second-order valence-corrected chi connectivity index (χ2v) is 6.55. The summed E-state index contributed by atoms with van der Waals surface area (Å²) >= 11 is 3.26. The van der Waals surface area contributed by atoms with Gasteiger partial charge in [-0.2, -0.15) is 0 Å². The molecule has 0 radical (unpaired) electrons. The molecule has 0 aliphatic carbocycles. The number of nitrogens with two attached hydrogens (primary N) is 1. The zero-order valence-corrected chi connectivity index (χ0v) is 13.1. The molecule has 1 atom stereocenters. The Morgan fingerprint density at radius 1 is 1.50 bits per heavy atom. The third-order valence-corrected chi connectivity index (χ3v) is 4.49. The summed E-state index contributed by atoms with van der Waals surface area (Å²) in [5, 5.41) is 4.12. The number of imidazole rings is 1. The highest BCUT2D eigenvalue weighted by molar-refractivity contribution is 7.15. The highest BCUT2D eigenvalue weighted by atomic mass is 32.1. The molecule has 20 heavy (non-hydrogen) atoms. The molecule has 0 saturated heterocycles. The highest BCUT2D eigenvalue weighted by Crippen LogP contribution is 2.26. The molecule has 0 bridgehead atoms. The smallest absolute Gasteiger partial charge is 0.195 e. The number of anilines is 1. The van der Waals surface area contributed by atoms with Gasteiger partial charge in [0.2, 0.25) is 0 Å². The molecule has 5 nitrogen and oxygen atoms in total. The molecule has 106 valence electrons. The third-order valence-electron chi connectivity index (χ3n) is 3.10. The van der Waals surface area contributed by atoms with Gasteiger partial charge in [0.1, 0.15) is 0 Å². The van der Waals surface area contributed by atoms with Gasteiger partial charge in [-0.25, -0.2) is 9.97 Å². The zero-order valence-electron chi connectivity index (χ0n) is 11.5. The lowest BCUT2D eigenvalue weighted by molar-refractivity contribution is 0.713. The van der Waals surface area contributed by atoms with Gasteiger partial charge >= 0.3 is 0 Å². The van der Waals surface area contributed by atoms with Crippen molar-refractivity contribution in [1.29, 1.82) is 0 Å². The van der Waals surface area contributed by atoms with Crippen molar-refractivity contribution in [2.24, 2.45) is 5.73 Å². The first-order chi connectivity index (χ1) is 9.65. The quantitative estimate of drug-likeness (QED) is 0.786. The van der Waals surface area contributed by atoms with Crippen LogP contribution in [0.2, 0.25) is 0 Å². The van der Waals surface area contributed by atoms with Crippen LogP contribution in [0.25, 0.3) is 4.96 Å². The summed E-state index contributed by atoms with van der Waals surface area (Å²) in [7, 11) is 2.05. The van der Waals surface area contributed by atoms with Crippen molar-refractivity contribution < 1.29 is 0 Å². The summed E-state index contributed by atoms with van der Waals surface area (Å²) in [6, 6.07) is 0.112. The maximum atomic E-state index is 5.98. The minimum Gasteiger partial charge on any atom is -0.352 e. The SMILES string of the molecule is CC(N)Cc1c(N(C)Cc2cscn2)nc2sccn12. The van der Waals surface area contributed by atoms with Crippen LogP contribution in [0, 0.1) is 0 Å². The van der Waals surface area contributed by atoms with E-state index in [1.165, 1.54) is 5.69 Å². The fourth-order valence-corrected chi connectivity index (χ4v) is 3.53. The van der Waals surface area contributed by atoms with Crippen molar-refractivity contribution >= 4 is 33.5 Å². The average molecular weight is 307 g/mol. The molecular weight excluding hydrogens is 290 g/mol. The molecule has 0 aliphatic heterocycles. The summed E-state index contributed by atoms with van der Waals surface area (Å²) in [5.74, 6) is 1.00. The minimum absolute atomic E-state index is 0.112. The van der Waals surface area contributed by atoms with Crippen LogP contribution in [0.4, 0.5) is 5.82 Å². The Hall–Kier alpha value is -1.44. The van der Waals surface area contributed by atoms with Crippen molar-refractivity contribution in [3.8, 4) is 0 Å². The van der Waals surface area contributed by atoms with E-state index in [-0.39, 0.29) is 6.04 Å². The number of hydrogen-bond acceptors (Lipinski definition) is 6. The number of nitrogens with zero attached hydrogens (tertiary/aromatic N) is 4. The summed E-state index contributed by atoms with van der Waals surface area (Å²) in [4.78, 5) is 12.2. The molecule has 0 fully saturated rings. The molecule has 0 amide bonds. The van der Waals surface area contributed by atoms with E-state index in [1.54, 1.807) is 22.7 Å². The van der Waals surface area contributed by atoms with E-state index in [1.807, 2.05) is 12.4 Å². The molecule has 0 aromatic carbocycles. The van der Waals surface area contributed by atoms with Crippen molar-refractivity contribution in [3.63, 3.8) is 0 Å². The van der Waals surface area contributed by atoms with Crippen LogP contribution < -0.4 is 10.6 Å². The van der Waals surface area contributed by atoms with E-state index in [2.05, 4.69) is 38.3 Å². The van der Waals surface area contributed by atoms with Gasteiger partial charge in [0.25, 0.3) is 0 Å². The Balaban J connectivity index is 1.94. The van der Waals surface area contributed by atoms with Gasteiger partial charge in [0.05, 0.1) is 23.4 Å². The van der Waals surface area contributed by atoms with Crippen LogP contribution in [0.1, 0.15) is 18.3 Å². The lowest BCUT2D eigenvalue weighted by atomic mass is 10.2. The largest absolute Gasteiger partial charge is 0.352 e. The Morgan fingerprint density at radius 3 is 3.05 bits per heavy atom. The third kappa shape index (κ3) is 2.56. The fraction of sp³-hybridized carbons (Fsp3) is 0.385. The lowest BCUT2D eigenvalue weighted by Crippen LogP contribution is -2.23. The molecule has 7 heteroatoms. The van der Waals surface area contributed by atoms with Gasteiger partial charge in [-0.05, 0) is 6.92 Å². The van der Waals surface area contributed by atoms with Crippen LogP contribution in [0.5, 0.6) is 0 Å². The molecule has 0 aliphatic rings. The van der Waals surface area contributed by atoms with Crippen LogP contribution in [0.15, 0.2) is 22.5 Å². The predicted octanol–water partition coefficient (Wildman–Crippen LogP) is 2.38. The van der Waals surface area contributed by atoms with Crippen LogP contribution in [-0.4, -0.2) is 27.5 Å². The summed E-state index contributed by atoms with van der Waals surface area (Å²) in [6.07, 6.45) is 2.87. The van der Waals surface area contributed by atoms with E-state index < -0.39 is 0 Å². The molecule has 2 N–H and O–H groups in total. The Bertz CT molecular complexity index is 683. The number of thiazole rings is 2. The van der Waals surface area contributed by atoms with Gasteiger partial charge in [0.15, 0.2) is 10.8 Å². The number of rotatable bonds is 5. The monoisotopic (exact) mass is 307 g/mol. The van der Waals surface area contributed by atoms with Crippen LogP contribution in [-0.2, 0) is 13.0 Å². The first-order valence-corrected chi connectivity index (χ1v) is 8.25. The molecule has 3 aromatic rings. The zero-order chi connectivity index (χ0) is 14.1. The van der Waals surface area contributed by atoms with E-state index in [4.69, 9.17) is 10.7 Å². The molecule has 3 aromatic heterocycles. The first kappa shape index (κ1) is 13.5. The summed E-state index contributed by atoms with van der Waals surface area (Å²) in [6.45, 7) is 2.79. The molecule has 1 unspecified atom stereocenters.